The van der Waals surface area contributed by atoms with Gasteiger partial charge in [0, 0.05) is 48.3 Å². The summed E-state index contributed by atoms with van der Waals surface area (Å²) in [6, 6.07) is 0. The molecule has 2 heterocycles. The minimum atomic E-state index is -3.13. The first-order valence-electron chi connectivity index (χ1n) is 6.60. The second-order valence-corrected chi connectivity index (χ2v) is 8.19. The lowest BCUT2D eigenvalue weighted by Gasteiger charge is -2.34. The highest BCUT2D eigenvalue weighted by Gasteiger charge is 2.34. The predicted molar refractivity (Wildman–Crippen MR) is 82.7 cm³/mol. The Morgan fingerprint density at radius 1 is 1.45 bits per heavy atom. The minimum absolute atomic E-state index is 0.145. The molecule has 0 amide bonds. The van der Waals surface area contributed by atoms with Gasteiger partial charge in [0.05, 0.1) is 0 Å². The summed E-state index contributed by atoms with van der Waals surface area (Å²) in [5, 5.41) is 2.52. The van der Waals surface area contributed by atoms with Gasteiger partial charge in [-0.3, -0.25) is 0 Å². The molecule has 20 heavy (non-hydrogen) atoms. The Balaban J connectivity index is 2.23. The van der Waals surface area contributed by atoms with E-state index in [9.17, 15) is 8.42 Å². The first-order valence-corrected chi connectivity index (χ1v) is 9.47. The van der Waals surface area contributed by atoms with Gasteiger partial charge in [0.15, 0.2) is 9.84 Å². The lowest BCUT2D eigenvalue weighted by molar-refractivity contribution is 0.577. The first kappa shape index (κ1) is 15.5. The number of nitrogens with zero attached hydrogens (tertiary/aromatic N) is 3. The van der Waals surface area contributed by atoms with E-state index in [0.29, 0.717) is 24.8 Å². The van der Waals surface area contributed by atoms with Crippen LogP contribution in [0.5, 0.6) is 0 Å². The Morgan fingerprint density at radius 3 is 2.75 bits per heavy atom. The van der Waals surface area contributed by atoms with Crippen LogP contribution in [0.4, 0.5) is 5.95 Å². The lowest BCUT2D eigenvalue weighted by Crippen LogP contribution is -2.48. The average molecular weight is 316 g/mol. The van der Waals surface area contributed by atoms with Gasteiger partial charge in [-0.25, -0.2) is 18.4 Å². The zero-order valence-electron chi connectivity index (χ0n) is 11.7. The van der Waals surface area contributed by atoms with Crippen LogP contribution in [0.3, 0.4) is 0 Å². The van der Waals surface area contributed by atoms with Gasteiger partial charge < -0.3 is 10.2 Å². The average Bonchev–Trinajstić information content (AvgIpc) is 2.48. The molecule has 0 spiro atoms. The van der Waals surface area contributed by atoms with E-state index in [1.54, 1.807) is 31.1 Å². The van der Waals surface area contributed by atoms with Crippen molar-refractivity contribution in [3.63, 3.8) is 0 Å². The van der Waals surface area contributed by atoms with Crippen LogP contribution in [0.1, 0.15) is 12.5 Å². The third kappa shape index (κ3) is 3.42. The molecule has 0 radical (unpaired) electrons. The molecule has 0 aliphatic carbocycles. The van der Waals surface area contributed by atoms with Crippen molar-refractivity contribution in [1.82, 2.24) is 15.3 Å². The van der Waals surface area contributed by atoms with Crippen molar-refractivity contribution >= 4 is 27.5 Å². The second-order valence-electron chi connectivity index (χ2n) is 4.60. The molecule has 2 rings (SSSR count). The van der Waals surface area contributed by atoms with E-state index in [1.165, 1.54) is 0 Å². The number of aromatic nitrogens is 2. The highest BCUT2D eigenvalue weighted by molar-refractivity contribution is 8.01. The largest absolute Gasteiger partial charge is 0.322 e. The van der Waals surface area contributed by atoms with Gasteiger partial charge in [0.25, 0.3) is 0 Å². The molecule has 1 aromatic heterocycles. The fourth-order valence-electron chi connectivity index (χ4n) is 2.09. The highest BCUT2D eigenvalue weighted by Crippen LogP contribution is 2.24. The Hall–Kier alpha value is -0.860. The normalized spacial score (nSPS) is 20.1. The molecule has 1 unspecified atom stereocenters. The SMILES string of the molecule is CCS(=O)(=O)C1CSCCN1c1ncc(CNC)cn1. The van der Waals surface area contributed by atoms with E-state index in [0.717, 1.165) is 11.3 Å². The van der Waals surface area contributed by atoms with Crippen LogP contribution in [-0.4, -0.2) is 54.6 Å². The molecule has 0 bridgehead atoms. The standard InChI is InChI=1S/C12H20N4O2S2/c1-3-20(17,18)11-9-19-5-4-16(11)12-14-7-10(6-13-2)8-15-12/h7-8,11,13H,3-6,9H2,1-2H3. The maximum atomic E-state index is 12.2. The van der Waals surface area contributed by atoms with Crippen molar-refractivity contribution in [3.8, 4) is 0 Å². The molecular formula is C12H20N4O2S2. The summed E-state index contributed by atoms with van der Waals surface area (Å²) >= 11 is 1.67. The molecule has 1 fully saturated rings. The number of sulfone groups is 1. The van der Waals surface area contributed by atoms with E-state index in [2.05, 4.69) is 15.3 Å². The Labute approximate surface area is 124 Å². The van der Waals surface area contributed by atoms with Crippen LogP contribution in [0.15, 0.2) is 12.4 Å². The molecule has 8 heteroatoms. The van der Waals surface area contributed by atoms with Gasteiger partial charge in [-0.2, -0.15) is 11.8 Å². The van der Waals surface area contributed by atoms with Crippen LogP contribution >= 0.6 is 11.8 Å². The topological polar surface area (TPSA) is 75.2 Å². The number of nitrogens with one attached hydrogen (secondary N) is 1. The van der Waals surface area contributed by atoms with Gasteiger partial charge in [-0.15, -0.1) is 0 Å². The van der Waals surface area contributed by atoms with Crippen molar-refractivity contribution in [2.75, 3.05) is 35.8 Å². The smallest absolute Gasteiger partial charge is 0.226 e. The van der Waals surface area contributed by atoms with Crippen molar-refractivity contribution in [3.05, 3.63) is 18.0 Å². The Bertz CT molecular complexity index is 533. The summed E-state index contributed by atoms with van der Waals surface area (Å²) in [4.78, 5) is 10.5. The molecule has 1 aliphatic heterocycles. The van der Waals surface area contributed by atoms with Crippen molar-refractivity contribution in [2.45, 2.75) is 18.8 Å². The monoisotopic (exact) mass is 316 g/mol. The summed E-state index contributed by atoms with van der Waals surface area (Å²) in [5.74, 6) is 2.13. The van der Waals surface area contributed by atoms with Gasteiger partial charge in [-0.05, 0) is 7.05 Å². The minimum Gasteiger partial charge on any atom is -0.322 e. The molecule has 0 saturated carbocycles. The molecule has 0 aromatic carbocycles. The van der Waals surface area contributed by atoms with Crippen LogP contribution in [0, 0.1) is 0 Å². The Kier molecular flexibility index (Phi) is 5.22. The highest BCUT2D eigenvalue weighted by atomic mass is 32.2. The fraction of sp³-hybridized carbons (Fsp3) is 0.667. The molecular weight excluding hydrogens is 296 g/mol. The maximum absolute atomic E-state index is 12.2. The fourth-order valence-corrected chi connectivity index (χ4v) is 5.06. The van der Waals surface area contributed by atoms with Crippen LogP contribution in [-0.2, 0) is 16.4 Å². The molecule has 1 atom stereocenters. The van der Waals surface area contributed by atoms with E-state index >= 15 is 0 Å². The summed E-state index contributed by atoms with van der Waals surface area (Å²) < 4.78 is 24.4. The molecule has 112 valence electrons. The second kappa shape index (κ2) is 6.73. The van der Waals surface area contributed by atoms with Gasteiger partial charge in [0.2, 0.25) is 5.95 Å². The molecule has 1 saturated heterocycles. The predicted octanol–water partition coefficient (Wildman–Crippen LogP) is 0.510. The lowest BCUT2D eigenvalue weighted by atomic mass is 10.3. The van der Waals surface area contributed by atoms with Gasteiger partial charge >= 0.3 is 0 Å². The third-order valence-corrected chi connectivity index (χ3v) is 6.52. The number of thioether (sulfide) groups is 1. The number of anilines is 1. The van der Waals surface area contributed by atoms with Crippen LogP contribution in [0.2, 0.25) is 0 Å². The summed E-state index contributed by atoms with van der Waals surface area (Å²) in [7, 11) is -1.27. The third-order valence-electron chi connectivity index (χ3n) is 3.23. The van der Waals surface area contributed by atoms with Gasteiger partial charge in [-0.1, -0.05) is 6.92 Å². The zero-order valence-corrected chi connectivity index (χ0v) is 13.4. The molecule has 1 aromatic rings. The number of hydrogen-bond donors (Lipinski definition) is 1. The van der Waals surface area contributed by atoms with Crippen molar-refractivity contribution in [2.24, 2.45) is 0 Å². The van der Waals surface area contributed by atoms with E-state index in [-0.39, 0.29) is 5.75 Å². The summed E-state index contributed by atoms with van der Waals surface area (Å²) in [5.41, 5.74) is 0.984. The van der Waals surface area contributed by atoms with Gasteiger partial charge in [0.1, 0.15) is 5.37 Å². The number of hydrogen-bond acceptors (Lipinski definition) is 7. The van der Waals surface area contributed by atoms with E-state index in [4.69, 9.17) is 0 Å². The van der Waals surface area contributed by atoms with Crippen molar-refractivity contribution in [1.29, 1.82) is 0 Å². The quantitative estimate of drug-likeness (QED) is 0.848. The summed E-state index contributed by atoms with van der Waals surface area (Å²) in [6.07, 6.45) is 3.49. The molecule has 1 N–H and O–H groups in total. The van der Waals surface area contributed by atoms with Crippen LogP contribution < -0.4 is 10.2 Å². The zero-order chi connectivity index (χ0) is 14.6. The molecule has 1 aliphatic rings. The van der Waals surface area contributed by atoms with Crippen molar-refractivity contribution < 1.29 is 8.42 Å². The number of rotatable bonds is 5. The van der Waals surface area contributed by atoms with Crippen LogP contribution in [0.25, 0.3) is 0 Å². The first-order chi connectivity index (χ1) is 9.58. The van der Waals surface area contributed by atoms with E-state index in [1.807, 2.05) is 11.9 Å². The Morgan fingerprint density at radius 2 is 2.15 bits per heavy atom. The maximum Gasteiger partial charge on any atom is 0.226 e. The summed E-state index contributed by atoms with van der Waals surface area (Å²) in [6.45, 7) is 3.05. The molecule has 6 nitrogen and oxygen atoms in total. The van der Waals surface area contributed by atoms with E-state index < -0.39 is 15.2 Å².